The molecule has 0 aliphatic carbocycles. The number of hydrogen-bond donors (Lipinski definition) is 1. The highest BCUT2D eigenvalue weighted by Crippen LogP contribution is 2.12. The van der Waals surface area contributed by atoms with Gasteiger partial charge in [0.25, 0.3) is 0 Å². The van der Waals surface area contributed by atoms with Crippen LogP contribution in [0.3, 0.4) is 0 Å². The van der Waals surface area contributed by atoms with Crippen LogP contribution in [0, 0.1) is 14.9 Å². The smallest absolute Gasteiger partial charge is 0.103 e. The molecule has 1 aromatic heterocycles. The Labute approximate surface area is 110 Å². The van der Waals surface area contributed by atoms with Crippen LogP contribution in [0.2, 0.25) is 0 Å². The molecule has 1 aromatic rings. The summed E-state index contributed by atoms with van der Waals surface area (Å²) in [6.07, 6.45) is 5.65. The fraction of sp³-hybridized carbons (Fsp3) is 0.636. The Kier molecular flexibility index (Phi) is 5.22. The molecule has 0 amide bonds. The van der Waals surface area contributed by atoms with E-state index in [1.165, 1.54) is 0 Å². The maximum Gasteiger partial charge on any atom is 0.103 e. The summed E-state index contributed by atoms with van der Waals surface area (Å²) in [5, 5.41) is 16.5. The van der Waals surface area contributed by atoms with E-state index in [4.69, 9.17) is 5.26 Å². The highest BCUT2D eigenvalue weighted by molar-refractivity contribution is 14.1. The molecule has 0 fully saturated rings. The third-order valence-electron chi connectivity index (χ3n) is 2.48. The van der Waals surface area contributed by atoms with E-state index in [1.807, 2.05) is 30.9 Å². The molecule has 1 atom stereocenters. The second-order valence-corrected chi connectivity index (χ2v) is 5.25. The predicted molar refractivity (Wildman–Crippen MR) is 71.9 cm³/mol. The zero-order valence-corrected chi connectivity index (χ0v) is 11.9. The maximum absolute atomic E-state index is 9.08. The highest BCUT2D eigenvalue weighted by Gasteiger charge is 2.21. The van der Waals surface area contributed by atoms with Crippen molar-refractivity contribution in [3.63, 3.8) is 0 Å². The van der Waals surface area contributed by atoms with Gasteiger partial charge in [0.15, 0.2) is 0 Å². The van der Waals surface area contributed by atoms with Crippen LogP contribution in [-0.2, 0) is 6.54 Å². The second-order valence-electron chi connectivity index (χ2n) is 4.00. The van der Waals surface area contributed by atoms with Gasteiger partial charge >= 0.3 is 0 Å². The van der Waals surface area contributed by atoms with Gasteiger partial charge in [-0.05, 0) is 48.9 Å². The number of nitrogens with zero attached hydrogens (tertiary/aromatic N) is 3. The van der Waals surface area contributed by atoms with E-state index in [9.17, 15) is 0 Å². The quantitative estimate of drug-likeness (QED) is 0.813. The third kappa shape index (κ3) is 4.10. The molecule has 1 rings (SSSR count). The minimum Gasteiger partial charge on any atom is -0.300 e. The summed E-state index contributed by atoms with van der Waals surface area (Å²) in [7, 11) is 0. The van der Waals surface area contributed by atoms with Crippen molar-refractivity contribution >= 4 is 22.6 Å². The molecule has 16 heavy (non-hydrogen) atoms. The number of halogens is 1. The summed E-state index contributed by atoms with van der Waals surface area (Å²) in [5.41, 5.74) is -0.408. The lowest BCUT2D eigenvalue weighted by Crippen LogP contribution is -2.40. The maximum atomic E-state index is 9.08. The second kappa shape index (κ2) is 6.21. The standard InChI is InChI=1S/C11H17IN4/c1-3-14-11(2,9-13)5-4-6-16-8-10(12)7-15-16/h7-8,14H,3-6H2,1-2H3. The summed E-state index contributed by atoms with van der Waals surface area (Å²) in [4.78, 5) is 0. The molecule has 5 heteroatoms. The normalized spacial score (nSPS) is 14.4. The van der Waals surface area contributed by atoms with Crippen molar-refractivity contribution in [2.24, 2.45) is 0 Å². The Hall–Kier alpha value is -0.610. The molecule has 0 radical (unpaired) electrons. The molecule has 0 saturated carbocycles. The van der Waals surface area contributed by atoms with Crippen LogP contribution in [0.15, 0.2) is 12.4 Å². The summed E-state index contributed by atoms with van der Waals surface area (Å²) in [6, 6.07) is 2.33. The first-order chi connectivity index (χ1) is 7.59. The van der Waals surface area contributed by atoms with Crippen LogP contribution < -0.4 is 5.32 Å². The number of hydrogen-bond acceptors (Lipinski definition) is 3. The van der Waals surface area contributed by atoms with Crippen molar-refractivity contribution in [3.8, 4) is 6.07 Å². The third-order valence-corrected chi connectivity index (χ3v) is 3.04. The van der Waals surface area contributed by atoms with Crippen molar-refractivity contribution in [1.29, 1.82) is 5.26 Å². The fourth-order valence-corrected chi connectivity index (χ4v) is 2.08. The Balaban J connectivity index is 2.37. The van der Waals surface area contributed by atoms with Gasteiger partial charge in [0, 0.05) is 12.7 Å². The molecule has 0 aliphatic heterocycles. The number of aromatic nitrogens is 2. The largest absolute Gasteiger partial charge is 0.300 e. The molecule has 0 spiro atoms. The van der Waals surface area contributed by atoms with Crippen LogP contribution >= 0.6 is 22.6 Å². The molecular formula is C11H17IN4. The van der Waals surface area contributed by atoms with Crippen molar-refractivity contribution in [1.82, 2.24) is 15.1 Å². The van der Waals surface area contributed by atoms with Crippen LogP contribution in [0.5, 0.6) is 0 Å². The molecule has 1 heterocycles. The van der Waals surface area contributed by atoms with Gasteiger partial charge in [-0.15, -0.1) is 0 Å². The monoisotopic (exact) mass is 332 g/mol. The van der Waals surface area contributed by atoms with Crippen molar-refractivity contribution in [2.75, 3.05) is 6.54 Å². The number of rotatable bonds is 6. The molecule has 0 aliphatic rings. The van der Waals surface area contributed by atoms with Gasteiger partial charge in [0.2, 0.25) is 0 Å². The number of nitriles is 1. The van der Waals surface area contributed by atoms with E-state index in [1.54, 1.807) is 0 Å². The Morgan fingerprint density at radius 3 is 2.94 bits per heavy atom. The minimum absolute atomic E-state index is 0.408. The lowest BCUT2D eigenvalue weighted by atomic mass is 9.98. The molecular weight excluding hydrogens is 315 g/mol. The summed E-state index contributed by atoms with van der Waals surface area (Å²) in [6.45, 7) is 5.66. The van der Waals surface area contributed by atoms with Crippen molar-refractivity contribution < 1.29 is 0 Å². The lowest BCUT2D eigenvalue weighted by molar-refractivity contribution is 0.397. The SMILES string of the molecule is CCNC(C)(C#N)CCCn1cc(I)cn1. The van der Waals surface area contributed by atoms with E-state index in [0.29, 0.717) is 0 Å². The van der Waals surface area contributed by atoms with Gasteiger partial charge in [0.1, 0.15) is 5.54 Å². The van der Waals surface area contributed by atoms with E-state index >= 15 is 0 Å². The zero-order valence-electron chi connectivity index (χ0n) is 9.70. The Morgan fingerprint density at radius 2 is 2.44 bits per heavy atom. The van der Waals surface area contributed by atoms with E-state index in [0.717, 1.165) is 29.5 Å². The average Bonchev–Trinajstić information content (AvgIpc) is 2.65. The zero-order chi connectivity index (χ0) is 12.0. The first kappa shape index (κ1) is 13.5. The molecule has 1 unspecified atom stereocenters. The van der Waals surface area contributed by atoms with E-state index in [2.05, 4.69) is 39.1 Å². The topological polar surface area (TPSA) is 53.6 Å². The molecule has 0 aromatic carbocycles. The van der Waals surface area contributed by atoms with Gasteiger partial charge in [0.05, 0.1) is 15.8 Å². The molecule has 4 nitrogen and oxygen atoms in total. The Bertz CT molecular complexity index is 368. The summed E-state index contributed by atoms with van der Waals surface area (Å²) >= 11 is 2.24. The summed E-state index contributed by atoms with van der Waals surface area (Å²) in [5.74, 6) is 0. The first-order valence-electron chi connectivity index (χ1n) is 5.44. The van der Waals surface area contributed by atoms with Gasteiger partial charge < -0.3 is 0 Å². The number of aryl methyl sites for hydroxylation is 1. The Morgan fingerprint density at radius 1 is 1.69 bits per heavy atom. The van der Waals surface area contributed by atoms with Gasteiger partial charge in [-0.3, -0.25) is 10.00 Å². The van der Waals surface area contributed by atoms with E-state index in [-0.39, 0.29) is 0 Å². The fourth-order valence-electron chi connectivity index (χ4n) is 1.63. The van der Waals surface area contributed by atoms with Crippen LogP contribution in [0.1, 0.15) is 26.7 Å². The molecule has 1 N–H and O–H groups in total. The van der Waals surface area contributed by atoms with E-state index < -0.39 is 5.54 Å². The predicted octanol–water partition coefficient (Wildman–Crippen LogP) is 2.16. The average molecular weight is 332 g/mol. The van der Waals surface area contributed by atoms with Gasteiger partial charge in [-0.1, -0.05) is 6.92 Å². The first-order valence-corrected chi connectivity index (χ1v) is 6.52. The number of nitrogens with one attached hydrogen (secondary N) is 1. The lowest BCUT2D eigenvalue weighted by Gasteiger charge is -2.22. The van der Waals surface area contributed by atoms with Gasteiger partial charge in [-0.2, -0.15) is 10.4 Å². The van der Waals surface area contributed by atoms with Crippen molar-refractivity contribution in [3.05, 3.63) is 16.0 Å². The van der Waals surface area contributed by atoms with Crippen molar-refractivity contribution in [2.45, 2.75) is 38.8 Å². The molecule has 0 bridgehead atoms. The minimum atomic E-state index is -0.408. The summed E-state index contributed by atoms with van der Waals surface area (Å²) < 4.78 is 3.07. The van der Waals surface area contributed by atoms with Crippen LogP contribution in [-0.4, -0.2) is 21.9 Å². The van der Waals surface area contributed by atoms with Gasteiger partial charge in [-0.25, -0.2) is 0 Å². The highest BCUT2D eigenvalue weighted by atomic mass is 127. The van der Waals surface area contributed by atoms with Crippen LogP contribution in [0.25, 0.3) is 0 Å². The van der Waals surface area contributed by atoms with Crippen LogP contribution in [0.4, 0.5) is 0 Å². The molecule has 0 saturated heterocycles. The molecule has 88 valence electrons.